The molecule has 0 bridgehead atoms. The van der Waals surface area contributed by atoms with Crippen LogP contribution in [0, 0.1) is 0 Å². The SMILES string of the molecule is CNCCCC(=O)NCc1cccc(NC(=O)CCN2CCOCC2)c1.Cl.Cl. The number of benzene rings is 1. The van der Waals surface area contributed by atoms with E-state index in [1.54, 1.807) is 0 Å². The number of halogens is 2. The molecule has 0 aromatic heterocycles. The van der Waals surface area contributed by atoms with Crippen LogP contribution in [0.4, 0.5) is 5.69 Å². The van der Waals surface area contributed by atoms with Gasteiger partial charge in [-0.2, -0.15) is 0 Å². The Morgan fingerprint density at radius 3 is 2.57 bits per heavy atom. The lowest BCUT2D eigenvalue weighted by Crippen LogP contribution is -2.38. The molecule has 2 amide bonds. The van der Waals surface area contributed by atoms with E-state index in [9.17, 15) is 9.59 Å². The van der Waals surface area contributed by atoms with Gasteiger partial charge < -0.3 is 20.7 Å². The van der Waals surface area contributed by atoms with Crippen molar-refractivity contribution in [2.75, 3.05) is 51.8 Å². The summed E-state index contributed by atoms with van der Waals surface area (Å²) in [5, 5.41) is 8.87. The van der Waals surface area contributed by atoms with Gasteiger partial charge in [-0.25, -0.2) is 0 Å². The quantitative estimate of drug-likeness (QED) is 0.489. The maximum Gasteiger partial charge on any atom is 0.225 e. The highest BCUT2D eigenvalue weighted by Crippen LogP contribution is 2.11. The standard InChI is InChI=1S/C19H30N4O3.2ClH/c1-20-8-3-6-18(24)21-15-16-4-2-5-17(14-16)22-19(25)7-9-23-10-12-26-13-11-23;;/h2,4-5,14,20H,3,6-13,15H2,1H3,(H,21,24)(H,22,25);2*1H. The van der Waals surface area contributed by atoms with E-state index < -0.39 is 0 Å². The Labute approximate surface area is 179 Å². The van der Waals surface area contributed by atoms with Gasteiger partial charge in [-0.1, -0.05) is 12.1 Å². The molecular weight excluding hydrogens is 403 g/mol. The van der Waals surface area contributed by atoms with Gasteiger partial charge in [0.1, 0.15) is 0 Å². The number of amides is 2. The fraction of sp³-hybridized carbons (Fsp3) is 0.579. The van der Waals surface area contributed by atoms with Crippen LogP contribution in [0.3, 0.4) is 0 Å². The third kappa shape index (κ3) is 10.8. The van der Waals surface area contributed by atoms with Crippen molar-refractivity contribution in [3.05, 3.63) is 29.8 Å². The fourth-order valence-electron chi connectivity index (χ4n) is 2.78. The number of carbonyl (C=O) groups excluding carboxylic acids is 2. The summed E-state index contributed by atoms with van der Waals surface area (Å²) >= 11 is 0. The summed E-state index contributed by atoms with van der Waals surface area (Å²) in [4.78, 5) is 26.1. The Morgan fingerprint density at radius 1 is 1.11 bits per heavy atom. The molecule has 9 heteroatoms. The predicted molar refractivity (Wildman–Crippen MR) is 116 cm³/mol. The molecule has 2 rings (SSSR count). The molecule has 0 unspecified atom stereocenters. The first-order valence-electron chi connectivity index (χ1n) is 9.27. The first kappa shape index (κ1) is 26.6. The van der Waals surface area contributed by atoms with Crippen LogP contribution < -0.4 is 16.0 Å². The minimum atomic E-state index is 0. The summed E-state index contributed by atoms with van der Waals surface area (Å²) in [6.07, 6.45) is 1.80. The maximum absolute atomic E-state index is 12.1. The van der Waals surface area contributed by atoms with Crippen LogP contribution in [0.5, 0.6) is 0 Å². The van der Waals surface area contributed by atoms with Gasteiger partial charge in [0.05, 0.1) is 13.2 Å². The van der Waals surface area contributed by atoms with Gasteiger partial charge in [0.2, 0.25) is 11.8 Å². The molecule has 1 aliphatic heterocycles. The van der Waals surface area contributed by atoms with E-state index in [4.69, 9.17) is 4.74 Å². The number of nitrogens with zero attached hydrogens (tertiary/aromatic N) is 1. The summed E-state index contributed by atoms with van der Waals surface area (Å²) in [5.41, 5.74) is 1.73. The van der Waals surface area contributed by atoms with Gasteiger partial charge in [-0.05, 0) is 37.7 Å². The second-order valence-corrected chi connectivity index (χ2v) is 6.44. The van der Waals surface area contributed by atoms with E-state index in [2.05, 4.69) is 20.9 Å². The van der Waals surface area contributed by atoms with E-state index in [0.29, 0.717) is 19.4 Å². The lowest BCUT2D eigenvalue weighted by molar-refractivity contribution is -0.121. The molecule has 1 heterocycles. The van der Waals surface area contributed by atoms with Crippen molar-refractivity contribution in [2.45, 2.75) is 25.8 Å². The Morgan fingerprint density at radius 2 is 1.86 bits per heavy atom. The van der Waals surface area contributed by atoms with Crippen LogP contribution in [0.15, 0.2) is 24.3 Å². The summed E-state index contributed by atoms with van der Waals surface area (Å²) in [6.45, 7) is 5.30. The Balaban J connectivity index is 0.00000364. The van der Waals surface area contributed by atoms with Crippen LogP contribution in [-0.2, 0) is 20.9 Å². The van der Waals surface area contributed by atoms with Gasteiger partial charge in [0.25, 0.3) is 0 Å². The molecule has 1 aromatic rings. The van der Waals surface area contributed by atoms with Crippen LogP contribution in [0.1, 0.15) is 24.8 Å². The molecule has 0 atom stereocenters. The first-order valence-corrected chi connectivity index (χ1v) is 9.27. The molecular formula is C19H32Cl2N4O3. The van der Waals surface area contributed by atoms with Gasteiger partial charge >= 0.3 is 0 Å². The van der Waals surface area contributed by atoms with Crippen LogP contribution in [0.2, 0.25) is 0 Å². The minimum Gasteiger partial charge on any atom is -0.379 e. The molecule has 1 saturated heterocycles. The van der Waals surface area contributed by atoms with E-state index in [0.717, 1.165) is 57.1 Å². The molecule has 1 aliphatic rings. The zero-order chi connectivity index (χ0) is 18.6. The summed E-state index contributed by atoms with van der Waals surface area (Å²) in [5.74, 6) is 0.0462. The van der Waals surface area contributed by atoms with Crippen molar-refractivity contribution in [2.24, 2.45) is 0 Å². The van der Waals surface area contributed by atoms with Crippen LogP contribution in [-0.4, -0.2) is 63.2 Å². The zero-order valence-electron chi connectivity index (χ0n) is 16.4. The van der Waals surface area contributed by atoms with Crippen LogP contribution in [0.25, 0.3) is 0 Å². The lowest BCUT2D eigenvalue weighted by Gasteiger charge is -2.26. The number of nitrogens with one attached hydrogen (secondary N) is 3. The van der Waals surface area contributed by atoms with Crippen molar-refractivity contribution < 1.29 is 14.3 Å². The minimum absolute atomic E-state index is 0. The molecule has 7 nitrogen and oxygen atoms in total. The third-order valence-corrected chi connectivity index (χ3v) is 4.29. The average molecular weight is 435 g/mol. The van der Waals surface area contributed by atoms with Gasteiger partial charge in [-0.15, -0.1) is 24.8 Å². The topological polar surface area (TPSA) is 82.7 Å². The summed E-state index contributed by atoms with van der Waals surface area (Å²) in [6, 6.07) is 7.60. The second-order valence-electron chi connectivity index (χ2n) is 6.44. The van der Waals surface area contributed by atoms with Gasteiger partial charge in [0.15, 0.2) is 0 Å². The molecule has 1 fully saturated rings. The summed E-state index contributed by atoms with van der Waals surface area (Å²) in [7, 11) is 1.87. The van der Waals surface area contributed by atoms with E-state index in [-0.39, 0.29) is 36.6 Å². The molecule has 0 saturated carbocycles. The zero-order valence-corrected chi connectivity index (χ0v) is 18.0. The molecule has 0 spiro atoms. The fourth-order valence-corrected chi connectivity index (χ4v) is 2.78. The molecule has 160 valence electrons. The van der Waals surface area contributed by atoms with E-state index in [1.165, 1.54) is 0 Å². The van der Waals surface area contributed by atoms with Crippen molar-refractivity contribution in [1.82, 2.24) is 15.5 Å². The van der Waals surface area contributed by atoms with Gasteiger partial charge in [-0.3, -0.25) is 14.5 Å². The van der Waals surface area contributed by atoms with E-state index >= 15 is 0 Å². The molecule has 1 aromatic carbocycles. The largest absolute Gasteiger partial charge is 0.379 e. The van der Waals surface area contributed by atoms with Crippen molar-refractivity contribution in [1.29, 1.82) is 0 Å². The number of morpholine rings is 1. The number of hydrogen-bond donors (Lipinski definition) is 3. The summed E-state index contributed by atoms with van der Waals surface area (Å²) < 4.78 is 5.31. The van der Waals surface area contributed by atoms with Crippen LogP contribution >= 0.6 is 24.8 Å². The van der Waals surface area contributed by atoms with Crippen molar-refractivity contribution in [3.63, 3.8) is 0 Å². The smallest absolute Gasteiger partial charge is 0.225 e. The Bertz CT molecular complexity index is 584. The average Bonchev–Trinajstić information content (AvgIpc) is 2.66. The number of carbonyl (C=O) groups is 2. The molecule has 3 N–H and O–H groups in total. The molecule has 0 aliphatic carbocycles. The van der Waals surface area contributed by atoms with Crippen molar-refractivity contribution in [3.8, 4) is 0 Å². The number of rotatable bonds is 10. The number of hydrogen-bond acceptors (Lipinski definition) is 5. The number of ether oxygens (including phenoxy) is 1. The highest BCUT2D eigenvalue weighted by Gasteiger charge is 2.12. The van der Waals surface area contributed by atoms with Crippen molar-refractivity contribution >= 4 is 42.3 Å². The number of anilines is 1. The monoisotopic (exact) mass is 434 g/mol. The predicted octanol–water partition coefficient (Wildman–Crippen LogP) is 1.81. The highest BCUT2D eigenvalue weighted by molar-refractivity contribution is 5.90. The normalized spacial score (nSPS) is 13.8. The lowest BCUT2D eigenvalue weighted by atomic mass is 10.2. The maximum atomic E-state index is 12.1. The molecule has 28 heavy (non-hydrogen) atoms. The highest BCUT2D eigenvalue weighted by atomic mass is 35.5. The Kier molecular flexibility index (Phi) is 14.8. The Hall–Kier alpha value is -1.38. The molecule has 0 radical (unpaired) electrons. The second kappa shape index (κ2) is 15.5. The third-order valence-electron chi connectivity index (χ3n) is 4.29. The van der Waals surface area contributed by atoms with Gasteiger partial charge in [0, 0.05) is 44.7 Å². The first-order chi connectivity index (χ1) is 12.7. The van der Waals surface area contributed by atoms with E-state index in [1.807, 2.05) is 31.3 Å².